The van der Waals surface area contributed by atoms with Gasteiger partial charge in [0.25, 0.3) is 0 Å². The quantitative estimate of drug-likeness (QED) is 0.259. The predicted molar refractivity (Wildman–Crippen MR) is 89.1 cm³/mol. The summed E-state index contributed by atoms with van der Waals surface area (Å²) in [5.74, 6) is -9.52. The van der Waals surface area contributed by atoms with Crippen LogP contribution in [0.3, 0.4) is 0 Å². The molecule has 0 amide bonds. The molecule has 0 spiro atoms. The van der Waals surface area contributed by atoms with Gasteiger partial charge in [-0.05, 0) is 0 Å². The fraction of sp³-hybridized carbons (Fsp3) is 0.278. The number of alkyl halides is 3. The van der Waals surface area contributed by atoms with Crippen LogP contribution in [0.2, 0.25) is 0 Å². The fourth-order valence-electron chi connectivity index (χ4n) is 2.36. The number of rotatable bonds is 2. The number of hydrogen-bond acceptors (Lipinski definition) is 1. The van der Waals surface area contributed by atoms with Crippen LogP contribution >= 0.6 is 0 Å². The second-order valence-corrected chi connectivity index (χ2v) is 7.57. The zero-order chi connectivity index (χ0) is 20.7. The zero-order valence-electron chi connectivity index (χ0n) is 14.3. The second kappa shape index (κ2) is 7.28. The van der Waals surface area contributed by atoms with Crippen molar-refractivity contribution in [3.63, 3.8) is 0 Å². The van der Waals surface area contributed by atoms with Crippen LogP contribution in [0, 0.1) is 23.3 Å². The average Bonchev–Trinajstić information content (AvgIpc) is 2.52. The van der Waals surface area contributed by atoms with Gasteiger partial charge in [0.1, 0.15) is 0 Å². The van der Waals surface area contributed by atoms with Crippen molar-refractivity contribution in [1.82, 2.24) is 0 Å². The Morgan fingerprint density at radius 3 is 1.85 bits per heavy atom. The molecule has 1 radical (unpaired) electrons. The number of nitrogens with zero attached hydrogens (tertiary/aromatic N) is 1. The van der Waals surface area contributed by atoms with E-state index in [0.29, 0.717) is 10.0 Å². The fourth-order valence-corrected chi connectivity index (χ4v) is 3.40. The molecule has 0 atom stereocenters. The Labute approximate surface area is 159 Å². The van der Waals surface area contributed by atoms with E-state index in [2.05, 4.69) is 21.0 Å². The summed E-state index contributed by atoms with van der Waals surface area (Å²) in [6.45, 7) is 5.76. The molecular formula is C18H13F7NSe. The molecule has 0 aliphatic heterocycles. The molecule has 0 bridgehead atoms. The van der Waals surface area contributed by atoms with Gasteiger partial charge in [-0.3, -0.25) is 0 Å². The van der Waals surface area contributed by atoms with E-state index in [0.717, 1.165) is 11.8 Å². The molecule has 2 aromatic carbocycles. The van der Waals surface area contributed by atoms with E-state index in [-0.39, 0.29) is 5.41 Å². The van der Waals surface area contributed by atoms with E-state index >= 15 is 0 Å². The maximum absolute atomic E-state index is 13.9. The molecule has 1 nitrogen and oxygen atoms in total. The van der Waals surface area contributed by atoms with Crippen molar-refractivity contribution >= 4 is 32.4 Å². The van der Waals surface area contributed by atoms with E-state index in [1.807, 2.05) is 26.8 Å². The van der Waals surface area contributed by atoms with Crippen molar-refractivity contribution in [2.45, 2.75) is 32.4 Å². The van der Waals surface area contributed by atoms with Gasteiger partial charge in [-0.25, -0.2) is 0 Å². The Kier molecular flexibility index (Phi) is 5.78. The van der Waals surface area contributed by atoms with E-state index < -0.39 is 40.7 Å². The number of hydrogen-bond donors (Lipinski definition) is 0. The van der Waals surface area contributed by atoms with Gasteiger partial charge in [0.05, 0.1) is 0 Å². The van der Waals surface area contributed by atoms with Gasteiger partial charge in [0.2, 0.25) is 0 Å². The van der Waals surface area contributed by atoms with Gasteiger partial charge in [-0.2, -0.15) is 0 Å². The molecule has 2 aromatic rings. The van der Waals surface area contributed by atoms with Crippen LogP contribution in [0.15, 0.2) is 23.2 Å². The molecule has 0 saturated heterocycles. The maximum atomic E-state index is 13.9. The monoisotopic (exact) mass is 456 g/mol. The van der Waals surface area contributed by atoms with Crippen molar-refractivity contribution < 1.29 is 30.7 Å². The van der Waals surface area contributed by atoms with Crippen molar-refractivity contribution in [3.8, 4) is 0 Å². The molecule has 0 unspecified atom stereocenters. The minimum atomic E-state index is -5.59. The molecule has 0 heterocycles. The minimum absolute atomic E-state index is 0.284. The van der Waals surface area contributed by atoms with E-state index in [1.54, 1.807) is 6.07 Å². The van der Waals surface area contributed by atoms with Crippen LogP contribution in [0.5, 0.6) is 0 Å². The summed E-state index contributed by atoms with van der Waals surface area (Å²) < 4.78 is 93.5. The SMILES string of the molecule is CC(C)(C)c1cccc(C=Nc2c(F)c(F)c(C(F)(F)F)c(F)c2F)c1[Se]. The first-order valence-corrected chi connectivity index (χ1v) is 8.40. The first kappa shape index (κ1) is 21.4. The molecule has 145 valence electrons. The van der Waals surface area contributed by atoms with Crippen LogP contribution in [0.25, 0.3) is 0 Å². The average molecular weight is 455 g/mol. The summed E-state index contributed by atoms with van der Waals surface area (Å²) in [4.78, 5) is 3.36. The second-order valence-electron chi connectivity index (χ2n) is 6.71. The summed E-state index contributed by atoms with van der Waals surface area (Å²) in [6.07, 6.45) is -4.67. The summed E-state index contributed by atoms with van der Waals surface area (Å²) >= 11 is 2.79. The topological polar surface area (TPSA) is 12.4 Å². The number of aliphatic imine (C=N–C) groups is 1. The first-order valence-electron chi connectivity index (χ1n) is 7.54. The van der Waals surface area contributed by atoms with Crippen LogP contribution in [-0.4, -0.2) is 22.2 Å². The van der Waals surface area contributed by atoms with E-state index in [4.69, 9.17) is 0 Å². The summed E-state index contributed by atoms with van der Waals surface area (Å²) in [5, 5.41) is 0. The third-order valence-electron chi connectivity index (χ3n) is 3.71. The Balaban J connectivity index is 2.60. The molecule has 0 aromatic heterocycles. The molecule has 9 heteroatoms. The standard InChI is InChI=1S/C18H13F7NSe/c1-17(2,3)9-6-4-5-8(16(9)27)7-26-15-13(21)11(19)10(18(23,24)25)12(20)14(15)22/h4-7H,1-3H3. The number of benzene rings is 2. The van der Waals surface area contributed by atoms with E-state index in [9.17, 15) is 30.7 Å². The van der Waals surface area contributed by atoms with Crippen LogP contribution in [0.1, 0.15) is 37.5 Å². The normalized spacial score (nSPS) is 12.8. The Morgan fingerprint density at radius 2 is 1.41 bits per heavy atom. The Morgan fingerprint density at radius 1 is 0.889 bits per heavy atom. The molecule has 0 aliphatic rings. The van der Waals surface area contributed by atoms with Crippen LogP contribution in [-0.2, 0) is 11.6 Å². The molecule has 2 rings (SSSR count). The van der Waals surface area contributed by atoms with Gasteiger partial charge in [-0.15, -0.1) is 0 Å². The Hall–Kier alpha value is -1.86. The summed E-state index contributed by atoms with van der Waals surface area (Å²) in [5.41, 5.74) is -3.19. The van der Waals surface area contributed by atoms with Gasteiger partial charge >= 0.3 is 159 Å². The van der Waals surface area contributed by atoms with E-state index in [1.165, 1.54) is 6.07 Å². The third-order valence-corrected chi connectivity index (χ3v) is 4.67. The number of halogens is 7. The van der Waals surface area contributed by atoms with Gasteiger partial charge in [-0.1, -0.05) is 0 Å². The molecule has 0 aliphatic carbocycles. The zero-order valence-corrected chi connectivity index (χ0v) is 16.0. The van der Waals surface area contributed by atoms with Gasteiger partial charge in [0.15, 0.2) is 0 Å². The van der Waals surface area contributed by atoms with Gasteiger partial charge < -0.3 is 0 Å². The molecule has 0 fully saturated rings. The first-order chi connectivity index (χ1) is 12.3. The van der Waals surface area contributed by atoms with Crippen molar-refractivity contribution in [1.29, 1.82) is 0 Å². The Bertz CT molecular complexity index is 882. The van der Waals surface area contributed by atoms with Crippen molar-refractivity contribution in [3.05, 3.63) is 58.2 Å². The van der Waals surface area contributed by atoms with Crippen molar-refractivity contribution in [2.75, 3.05) is 0 Å². The third kappa shape index (κ3) is 4.19. The molecular weight excluding hydrogens is 442 g/mol. The summed E-state index contributed by atoms with van der Waals surface area (Å²) in [6, 6.07) is 4.97. The molecule has 0 N–H and O–H groups in total. The van der Waals surface area contributed by atoms with Gasteiger partial charge in [0, 0.05) is 0 Å². The van der Waals surface area contributed by atoms with Crippen LogP contribution < -0.4 is 4.46 Å². The van der Waals surface area contributed by atoms with Crippen molar-refractivity contribution in [2.24, 2.45) is 4.99 Å². The predicted octanol–water partition coefficient (Wildman–Crippen LogP) is 5.10. The summed E-state index contributed by atoms with van der Waals surface area (Å²) in [7, 11) is 0. The molecule has 0 saturated carbocycles. The van der Waals surface area contributed by atoms with Crippen LogP contribution in [0.4, 0.5) is 36.4 Å². The molecule has 27 heavy (non-hydrogen) atoms.